The Hall–Kier alpha value is -1.33. The van der Waals surface area contributed by atoms with Crippen LogP contribution in [0.2, 0.25) is 0 Å². The molecule has 0 bridgehead atoms. The van der Waals surface area contributed by atoms with E-state index in [0.717, 1.165) is 6.42 Å². The summed E-state index contributed by atoms with van der Waals surface area (Å²) in [6.45, 7) is 1.08. The van der Waals surface area contributed by atoms with Crippen LogP contribution in [-0.4, -0.2) is 37.0 Å². The van der Waals surface area contributed by atoms with Crippen LogP contribution in [0.5, 0.6) is 5.75 Å². The molecule has 1 aliphatic rings. The van der Waals surface area contributed by atoms with Gasteiger partial charge in [-0.25, -0.2) is 4.39 Å². The molecule has 1 unspecified atom stereocenters. The zero-order chi connectivity index (χ0) is 12.4. The van der Waals surface area contributed by atoms with E-state index in [0.29, 0.717) is 18.8 Å². The normalized spacial score (nSPS) is 18.4. The van der Waals surface area contributed by atoms with Gasteiger partial charge in [-0.15, -0.1) is 12.4 Å². The first-order valence-electron chi connectivity index (χ1n) is 5.50. The second-order valence-electron chi connectivity index (χ2n) is 4.15. The first-order valence-corrected chi connectivity index (χ1v) is 5.50. The third-order valence-electron chi connectivity index (χ3n) is 2.92. The fourth-order valence-corrected chi connectivity index (χ4v) is 1.94. The van der Waals surface area contributed by atoms with Gasteiger partial charge < -0.3 is 15.4 Å². The monoisotopic (exact) mass is 274 g/mol. The van der Waals surface area contributed by atoms with Gasteiger partial charge in [0.25, 0.3) is 5.91 Å². The number of halogens is 2. The summed E-state index contributed by atoms with van der Waals surface area (Å²) in [5, 5.41) is 0. The Morgan fingerprint density at radius 1 is 1.56 bits per heavy atom. The molecule has 100 valence electrons. The minimum Gasteiger partial charge on any atom is -0.497 e. The average Bonchev–Trinajstić information content (AvgIpc) is 2.75. The molecule has 1 fully saturated rings. The number of carbonyl (C=O) groups excluding carboxylic acids is 1. The lowest BCUT2D eigenvalue weighted by Crippen LogP contribution is -2.32. The fraction of sp³-hybridized carbons (Fsp3) is 0.417. The van der Waals surface area contributed by atoms with Gasteiger partial charge in [0.1, 0.15) is 11.6 Å². The summed E-state index contributed by atoms with van der Waals surface area (Å²) in [5.41, 5.74) is 5.79. The predicted octanol–water partition coefficient (Wildman–Crippen LogP) is 1.43. The topological polar surface area (TPSA) is 55.6 Å². The molecular formula is C12H16ClFN2O2. The minimum atomic E-state index is -0.560. The van der Waals surface area contributed by atoms with Gasteiger partial charge in [0.15, 0.2) is 0 Å². The van der Waals surface area contributed by atoms with Crippen molar-refractivity contribution in [2.45, 2.75) is 12.5 Å². The van der Waals surface area contributed by atoms with Crippen molar-refractivity contribution in [2.24, 2.45) is 5.73 Å². The predicted molar refractivity (Wildman–Crippen MR) is 68.7 cm³/mol. The fourth-order valence-electron chi connectivity index (χ4n) is 1.94. The van der Waals surface area contributed by atoms with Crippen LogP contribution in [0, 0.1) is 5.82 Å². The number of hydrogen-bond donors (Lipinski definition) is 1. The first kappa shape index (κ1) is 14.7. The van der Waals surface area contributed by atoms with Crippen LogP contribution in [0.25, 0.3) is 0 Å². The standard InChI is InChI=1S/C12H15FN2O2.ClH/c1-17-9-2-3-10(11(13)6-9)12(16)15-5-4-8(14)7-15;/h2-3,6,8H,4-5,7,14H2,1H3;1H. The molecule has 1 aliphatic heterocycles. The summed E-state index contributed by atoms with van der Waals surface area (Å²) in [6.07, 6.45) is 0.767. The molecule has 1 aromatic carbocycles. The molecule has 1 heterocycles. The zero-order valence-electron chi connectivity index (χ0n) is 10.1. The number of nitrogens with zero attached hydrogens (tertiary/aromatic N) is 1. The molecule has 0 spiro atoms. The molecule has 0 saturated carbocycles. The summed E-state index contributed by atoms with van der Waals surface area (Å²) in [4.78, 5) is 13.6. The van der Waals surface area contributed by atoms with Crippen LogP contribution >= 0.6 is 12.4 Å². The highest BCUT2D eigenvalue weighted by atomic mass is 35.5. The van der Waals surface area contributed by atoms with Gasteiger partial charge in [0.2, 0.25) is 0 Å². The molecule has 2 rings (SSSR count). The number of amides is 1. The SMILES string of the molecule is COc1ccc(C(=O)N2CCC(N)C2)c(F)c1.Cl. The largest absolute Gasteiger partial charge is 0.497 e. The van der Waals surface area contributed by atoms with E-state index in [2.05, 4.69) is 0 Å². The lowest BCUT2D eigenvalue weighted by molar-refractivity contribution is 0.0786. The van der Waals surface area contributed by atoms with E-state index in [1.54, 1.807) is 11.0 Å². The second-order valence-corrected chi connectivity index (χ2v) is 4.15. The number of hydrogen-bond acceptors (Lipinski definition) is 3. The second kappa shape index (κ2) is 6.02. The molecule has 6 heteroatoms. The van der Waals surface area contributed by atoms with E-state index in [-0.39, 0.29) is 29.9 Å². The Bertz CT molecular complexity index is 442. The Balaban J connectivity index is 0.00000162. The molecule has 2 N–H and O–H groups in total. The van der Waals surface area contributed by atoms with Crippen LogP contribution in [0.1, 0.15) is 16.8 Å². The Labute approximate surface area is 111 Å². The number of likely N-dealkylation sites (tertiary alicyclic amines) is 1. The van der Waals surface area contributed by atoms with Crippen LogP contribution in [0.4, 0.5) is 4.39 Å². The van der Waals surface area contributed by atoms with Gasteiger partial charge in [-0.2, -0.15) is 0 Å². The molecule has 1 atom stereocenters. The number of ether oxygens (including phenoxy) is 1. The Morgan fingerprint density at radius 3 is 2.78 bits per heavy atom. The van der Waals surface area contributed by atoms with E-state index in [1.165, 1.54) is 19.2 Å². The van der Waals surface area contributed by atoms with Gasteiger partial charge in [-0.05, 0) is 18.6 Å². The van der Waals surface area contributed by atoms with Crippen LogP contribution < -0.4 is 10.5 Å². The van der Waals surface area contributed by atoms with Gasteiger partial charge in [-0.3, -0.25) is 4.79 Å². The summed E-state index contributed by atoms with van der Waals surface area (Å²) in [7, 11) is 1.45. The van der Waals surface area contributed by atoms with E-state index in [4.69, 9.17) is 10.5 Å². The van der Waals surface area contributed by atoms with Crippen molar-refractivity contribution < 1.29 is 13.9 Å². The van der Waals surface area contributed by atoms with Crippen molar-refractivity contribution in [1.82, 2.24) is 4.90 Å². The Morgan fingerprint density at radius 2 is 2.28 bits per heavy atom. The zero-order valence-corrected chi connectivity index (χ0v) is 10.9. The molecule has 4 nitrogen and oxygen atoms in total. The van der Waals surface area contributed by atoms with Crippen LogP contribution in [-0.2, 0) is 0 Å². The van der Waals surface area contributed by atoms with Crippen molar-refractivity contribution >= 4 is 18.3 Å². The van der Waals surface area contributed by atoms with E-state index in [9.17, 15) is 9.18 Å². The summed E-state index contributed by atoms with van der Waals surface area (Å²) < 4.78 is 18.6. The van der Waals surface area contributed by atoms with E-state index in [1.807, 2.05) is 0 Å². The number of methoxy groups -OCH3 is 1. The average molecular weight is 275 g/mol. The van der Waals surface area contributed by atoms with Crippen molar-refractivity contribution in [3.63, 3.8) is 0 Å². The smallest absolute Gasteiger partial charge is 0.256 e. The Kier molecular flexibility index (Phi) is 4.93. The van der Waals surface area contributed by atoms with Crippen molar-refractivity contribution in [2.75, 3.05) is 20.2 Å². The maximum atomic E-state index is 13.7. The third kappa shape index (κ3) is 2.91. The third-order valence-corrected chi connectivity index (χ3v) is 2.92. The van der Waals surface area contributed by atoms with Crippen molar-refractivity contribution in [3.05, 3.63) is 29.6 Å². The molecule has 0 radical (unpaired) electrons. The van der Waals surface area contributed by atoms with Crippen LogP contribution in [0.15, 0.2) is 18.2 Å². The van der Waals surface area contributed by atoms with Crippen molar-refractivity contribution in [3.8, 4) is 5.75 Å². The molecule has 0 aliphatic carbocycles. The molecule has 1 amide bonds. The lowest BCUT2D eigenvalue weighted by atomic mass is 10.2. The number of benzene rings is 1. The molecule has 1 saturated heterocycles. The van der Waals surface area contributed by atoms with E-state index < -0.39 is 5.82 Å². The van der Waals surface area contributed by atoms with E-state index >= 15 is 0 Å². The molecule has 18 heavy (non-hydrogen) atoms. The number of nitrogens with two attached hydrogens (primary N) is 1. The quantitative estimate of drug-likeness (QED) is 0.888. The summed E-state index contributed by atoms with van der Waals surface area (Å²) >= 11 is 0. The van der Waals surface area contributed by atoms with Gasteiger partial charge in [0.05, 0.1) is 12.7 Å². The molecule has 1 aromatic rings. The maximum Gasteiger partial charge on any atom is 0.256 e. The number of carbonyl (C=O) groups is 1. The number of rotatable bonds is 2. The van der Waals surface area contributed by atoms with Gasteiger partial charge in [0, 0.05) is 25.2 Å². The molecular weight excluding hydrogens is 259 g/mol. The first-order chi connectivity index (χ1) is 8.11. The highest BCUT2D eigenvalue weighted by molar-refractivity contribution is 5.94. The van der Waals surface area contributed by atoms with Crippen LogP contribution in [0.3, 0.4) is 0 Å². The minimum absolute atomic E-state index is 0. The molecule has 0 aromatic heterocycles. The summed E-state index contributed by atoms with van der Waals surface area (Å²) in [6, 6.07) is 4.23. The lowest BCUT2D eigenvalue weighted by Gasteiger charge is -2.16. The maximum absolute atomic E-state index is 13.7. The highest BCUT2D eigenvalue weighted by Crippen LogP contribution is 2.19. The summed E-state index contributed by atoms with van der Waals surface area (Å²) in [5.74, 6) is -0.468. The van der Waals surface area contributed by atoms with Gasteiger partial charge >= 0.3 is 0 Å². The highest BCUT2D eigenvalue weighted by Gasteiger charge is 2.26. The van der Waals surface area contributed by atoms with Crippen molar-refractivity contribution in [1.29, 1.82) is 0 Å². The van der Waals surface area contributed by atoms with Gasteiger partial charge in [-0.1, -0.05) is 0 Å².